The molecule has 0 aliphatic heterocycles. The van der Waals surface area contributed by atoms with Crippen LogP contribution in [0.25, 0.3) is 0 Å². The van der Waals surface area contributed by atoms with Crippen molar-refractivity contribution in [3.05, 3.63) is 75.9 Å². The maximum absolute atomic E-state index is 12.5. The zero-order valence-electron chi connectivity index (χ0n) is 20.4. The summed E-state index contributed by atoms with van der Waals surface area (Å²) in [5.74, 6) is -0.0943. The van der Waals surface area contributed by atoms with Gasteiger partial charge in [0.15, 0.2) is 5.43 Å². The Morgan fingerprint density at radius 2 is 1.56 bits per heavy atom. The van der Waals surface area contributed by atoms with Gasteiger partial charge in [0.25, 0.3) is 5.91 Å². The van der Waals surface area contributed by atoms with Crippen molar-refractivity contribution in [2.24, 2.45) is 0 Å². The van der Waals surface area contributed by atoms with E-state index in [0.29, 0.717) is 13.0 Å². The van der Waals surface area contributed by atoms with Gasteiger partial charge in [-0.3, -0.25) is 9.59 Å². The largest absolute Gasteiger partial charge is 0.490 e. The van der Waals surface area contributed by atoms with Gasteiger partial charge in [0.05, 0.1) is 23.8 Å². The van der Waals surface area contributed by atoms with Crippen LogP contribution >= 0.6 is 0 Å². The summed E-state index contributed by atoms with van der Waals surface area (Å²) >= 11 is 0. The number of benzene rings is 1. The van der Waals surface area contributed by atoms with Crippen LogP contribution in [0.15, 0.2) is 59.4 Å². The minimum atomic E-state index is -0.515. The van der Waals surface area contributed by atoms with Crippen LogP contribution in [0.1, 0.15) is 85.9 Å². The standard InChI is InChI=1S/C28H37NO5/c1-3-5-10-20-29-27(31)25-18-16-22(17-19-26(25)30)28(32)33-21-11-15-23(12-6-4-2)34-24-13-8-7-9-14-24/h7-9,13-14,16-19,23H,3-6,10-12,15,20-21H2,1-2H3,(H,29,31). The topological polar surface area (TPSA) is 81.7 Å². The molecule has 34 heavy (non-hydrogen) atoms. The summed E-state index contributed by atoms with van der Waals surface area (Å²) in [6.45, 7) is 5.01. The lowest BCUT2D eigenvalue weighted by Crippen LogP contribution is -2.28. The molecule has 184 valence electrons. The molecule has 0 aromatic heterocycles. The van der Waals surface area contributed by atoms with Gasteiger partial charge in [-0.2, -0.15) is 0 Å². The lowest BCUT2D eigenvalue weighted by molar-refractivity contribution is 0.0480. The fourth-order valence-corrected chi connectivity index (χ4v) is 3.51. The molecule has 1 amide bonds. The van der Waals surface area contributed by atoms with Crippen molar-refractivity contribution in [3.8, 4) is 5.75 Å². The molecule has 1 N–H and O–H groups in total. The van der Waals surface area contributed by atoms with Crippen molar-refractivity contribution in [3.63, 3.8) is 0 Å². The number of nitrogens with one attached hydrogen (secondary N) is 1. The minimum Gasteiger partial charge on any atom is -0.490 e. The first-order valence-electron chi connectivity index (χ1n) is 12.4. The predicted octanol–water partition coefficient (Wildman–Crippen LogP) is 5.54. The van der Waals surface area contributed by atoms with Crippen molar-refractivity contribution in [2.75, 3.05) is 13.2 Å². The van der Waals surface area contributed by atoms with E-state index in [1.54, 1.807) is 0 Å². The Bertz CT molecular complexity index is 945. The summed E-state index contributed by atoms with van der Waals surface area (Å²) in [5, 5.41) is 2.75. The van der Waals surface area contributed by atoms with E-state index in [1.807, 2.05) is 30.3 Å². The summed E-state index contributed by atoms with van der Waals surface area (Å²) in [6.07, 6.45) is 7.55. The number of hydrogen-bond acceptors (Lipinski definition) is 5. The molecule has 1 atom stereocenters. The van der Waals surface area contributed by atoms with Crippen LogP contribution in [0.4, 0.5) is 0 Å². The second-order valence-corrected chi connectivity index (χ2v) is 8.34. The summed E-state index contributed by atoms with van der Waals surface area (Å²) in [6, 6.07) is 15.2. The molecule has 2 rings (SSSR count). The molecule has 2 aromatic rings. The van der Waals surface area contributed by atoms with Crippen molar-refractivity contribution in [1.29, 1.82) is 0 Å². The first-order chi connectivity index (χ1) is 16.5. The summed E-state index contributed by atoms with van der Waals surface area (Å²) < 4.78 is 11.5. The van der Waals surface area contributed by atoms with E-state index in [2.05, 4.69) is 19.2 Å². The third-order valence-electron chi connectivity index (χ3n) is 5.48. The van der Waals surface area contributed by atoms with Crippen LogP contribution in [0, 0.1) is 0 Å². The number of hydrogen-bond donors (Lipinski definition) is 1. The first kappa shape index (κ1) is 27.1. The molecule has 2 aromatic carbocycles. The van der Waals surface area contributed by atoms with Crippen molar-refractivity contribution in [1.82, 2.24) is 5.32 Å². The number of esters is 1. The second kappa shape index (κ2) is 15.6. The van der Waals surface area contributed by atoms with E-state index in [9.17, 15) is 14.4 Å². The van der Waals surface area contributed by atoms with Gasteiger partial charge in [0.2, 0.25) is 0 Å². The molecule has 6 heteroatoms. The van der Waals surface area contributed by atoms with Gasteiger partial charge in [-0.25, -0.2) is 4.79 Å². The van der Waals surface area contributed by atoms with E-state index >= 15 is 0 Å². The normalized spacial score (nSPS) is 11.5. The van der Waals surface area contributed by atoms with Crippen LogP contribution in [-0.2, 0) is 4.74 Å². The third kappa shape index (κ3) is 9.77. The van der Waals surface area contributed by atoms with E-state index in [0.717, 1.165) is 50.7 Å². The molecular weight excluding hydrogens is 430 g/mol. The van der Waals surface area contributed by atoms with Gasteiger partial charge < -0.3 is 14.8 Å². The Morgan fingerprint density at radius 1 is 0.853 bits per heavy atom. The lowest BCUT2D eigenvalue weighted by atomic mass is 10.1. The molecule has 1 unspecified atom stereocenters. The zero-order chi connectivity index (χ0) is 24.6. The highest BCUT2D eigenvalue weighted by Gasteiger charge is 2.13. The molecule has 0 aliphatic rings. The van der Waals surface area contributed by atoms with E-state index in [-0.39, 0.29) is 23.8 Å². The summed E-state index contributed by atoms with van der Waals surface area (Å²) in [7, 11) is 0. The zero-order valence-corrected chi connectivity index (χ0v) is 20.4. The molecule has 0 saturated heterocycles. The highest BCUT2D eigenvalue weighted by atomic mass is 16.5. The Morgan fingerprint density at radius 3 is 2.29 bits per heavy atom. The number of amides is 1. The number of ether oxygens (including phenoxy) is 2. The molecule has 0 saturated carbocycles. The first-order valence-corrected chi connectivity index (χ1v) is 12.4. The van der Waals surface area contributed by atoms with Crippen molar-refractivity contribution in [2.45, 2.75) is 71.3 Å². The maximum atomic E-state index is 12.5. The number of rotatable bonds is 15. The average molecular weight is 468 g/mol. The van der Waals surface area contributed by atoms with Gasteiger partial charge in [0.1, 0.15) is 5.75 Å². The highest BCUT2D eigenvalue weighted by molar-refractivity contribution is 5.95. The Labute approximate surface area is 202 Å². The van der Waals surface area contributed by atoms with E-state index in [4.69, 9.17) is 9.47 Å². The van der Waals surface area contributed by atoms with Crippen LogP contribution < -0.4 is 15.5 Å². The molecule has 0 spiro atoms. The van der Waals surface area contributed by atoms with Crippen molar-refractivity contribution < 1.29 is 19.1 Å². The lowest BCUT2D eigenvalue weighted by Gasteiger charge is -2.19. The smallest absolute Gasteiger partial charge is 0.338 e. The number of para-hydroxylation sites is 1. The average Bonchev–Trinajstić information content (AvgIpc) is 3.04. The van der Waals surface area contributed by atoms with E-state index in [1.165, 1.54) is 24.3 Å². The molecule has 6 nitrogen and oxygen atoms in total. The Hall–Kier alpha value is -3.15. The number of carbonyl (C=O) groups excluding carboxylic acids is 2. The van der Waals surface area contributed by atoms with Crippen LogP contribution in [0.5, 0.6) is 5.75 Å². The predicted molar refractivity (Wildman–Crippen MR) is 134 cm³/mol. The Kier molecular flexibility index (Phi) is 12.5. The SMILES string of the molecule is CCCCCNC(=O)c1ccc(C(=O)OCCCC(CCCC)Oc2ccccc2)ccc1=O. The maximum Gasteiger partial charge on any atom is 0.338 e. The van der Waals surface area contributed by atoms with Gasteiger partial charge in [-0.15, -0.1) is 0 Å². The molecule has 0 bridgehead atoms. The molecule has 0 aliphatic carbocycles. The third-order valence-corrected chi connectivity index (χ3v) is 5.48. The molecule has 0 radical (unpaired) electrons. The van der Waals surface area contributed by atoms with Crippen molar-refractivity contribution >= 4 is 11.9 Å². The number of carbonyl (C=O) groups is 2. The highest BCUT2D eigenvalue weighted by Crippen LogP contribution is 2.17. The number of unbranched alkanes of at least 4 members (excludes halogenated alkanes) is 3. The Balaban J connectivity index is 1.86. The fraction of sp³-hybridized carbons (Fsp3) is 0.464. The van der Waals surface area contributed by atoms with Gasteiger partial charge in [0, 0.05) is 6.54 Å². The summed E-state index contributed by atoms with van der Waals surface area (Å²) in [4.78, 5) is 37.0. The molecular formula is C28H37NO5. The molecule has 0 heterocycles. The fourth-order valence-electron chi connectivity index (χ4n) is 3.51. The van der Waals surface area contributed by atoms with Crippen LogP contribution in [0.3, 0.4) is 0 Å². The summed E-state index contributed by atoms with van der Waals surface area (Å²) in [5.41, 5.74) is -0.165. The quantitative estimate of drug-likeness (QED) is 0.275. The van der Waals surface area contributed by atoms with Crippen LogP contribution in [0.2, 0.25) is 0 Å². The van der Waals surface area contributed by atoms with Gasteiger partial charge in [-0.05, 0) is 62.1 Å². The van der Waals surface area contributed by atoms with E-state index < -0.39 is 17.3 Å². The second-order valence-electron chi connectivity index (χ2n) is 8.34. The molecule has 0 fully saturated rings. The minimum absolute atomic E-state index is 0.0207. The van der Waals surface area contributed by atoms with Crippen LogP contribution in [-0.4, -0.2) is 31.1 Å². The van der Waals surface area contributed by atoms with Gasteiger partial charge in [-0.1, -0.05) is 57.7 Å². The monoisotopic (exact) mass is 467 g/mol. The van der Waals surface area contributed by atoms with Gasteiger partial charge >= 0.3 is 5.97 Å².